The minimum atomic E-state index is -0.905. The number of hydrogen-bond donors (Lipinski definition) is 2. The van der Waals surface area contributed by atoms with Crippen LogP contribution in [0.25, 0.3) is 0 Å². The highest BCUT2D eigenvalue weighted by Gasteiger charge is 2.18. The largest absolute Gasteiger partial charge is 0.480 e. The Labute approximate surface area is 105 Å². The molecule has 2 aromatic rings. The summed E-state index contributed by atoms with van der Waals surface area (Å²) in [5, 5.41) is 12.2. The molecule has 18 heavy (non-hydrogen) atoms. The lowest BCUT2D eigenvalue weighted by atomic mass is 10.1. The molecule has 0 radical (unpaired) electrons. The van der Waals surface area contributed by atoms with E-state index in [0.717, 1.165) is 11.1 Å². The molecule has 0 aliphatic rings. The third-order valence-electron chi connectivity index (χ3n) is 2.50. The van der Waals surface area contributed by atoms with Crippen LogP contribution in [0.15, 0.2) is 49.1 Å². The van der Waals surface area contributed by atoms with Crippen molar-refractivity contribution in [3.63, 3.8) is 0 Å². The van der Waals surface area contributed by atoms with Gasteiger partial charge in [0.25, 0.3) is 0 Å². The Balaban J connectivity index is 2.06. The van der Waals surface area contributed by atoms with E-state index in [0.29, 0.717) is 6.54 Å². The molecule has 0 aliphatic heterocycles. The molecule has 92 valence electrons. The lowest BCUT2D eigenvalue weighted by Gasteiger charge is -2.14. The average Bonchev–Trinajstić information content (AvgIpc) is 2.41. The van der Waals surface area contributed by atoms with E-state index >= 15 is 0 Å². The average molecular weight is 243 g/mol. The summed E-state index contributed by atoms with van der Waals surface area (Å²) in [6.45, 7) is 0.409. The normalized spacial score (nSPS) is 12.0. The summed E-state index contributed by atoms with van der Waals surface area (Å²) in [4.78, 5) is 19.0. The first-order valence-electron chi connectivity index (χ1n) is 5.52. The van der Waals surface area contributed by atoms with E-state index < -0.39 is 12.0 Å². The number of rotatable bonds is 5. The predicted octanol–water partition coefficient (Wildman–Crippen LogP) is 1.39. The van der Waals surface area contributed by atoms with Crippen molar-refractivity contribution in [1.82, 2.24) is 15.3 Å². The standard InChI is InChI=1S/C13H13N3O2/c17-13(18)12(11-4-2-1-3-5-11)16-8-10-6-14-9-15-7-10/h1-7,9,12,16H,8H2,(H,17,18). The number of nitrogens with zero attached hydrogens (tertiary/aromatic N) is 2. The number of hydrogen-bond acceptors (Lipinski definition) is 4. The molecule has 1 unspecified atom stereocenters. The Kier molecular flexibility index (Phi) is 3.98. The van der Waals surface area contributed by atoms with Gasteiger partial charge in [-0.25, -0.2) is 9.97 Å². The minimum absolute atomic E-state index is 0.409. The van der Waals surface area contributed by atoms with Gasteiger partial charge in [0, 0.05) is 24.5 Å². The summed E-state index contributed by atoms with van der Waals surface area (Å²) in [7, 11) is 0. The molecule has 2 N–H and O–H groups in total. The van der Waals surface area contributed by atoms with Crippen molar-refractivity contribution in [3.05, 3.63) is 60.2 Å². The summed E-state index contributed by atoms with van der Waals surface area (Å²) in [5.74, 6) is -0.905. The molecular weight excluding hydrogens is 230 g/mol. The van der Waals surface area contributed by atoms with E-state index in [1.54, 1.807) is 24.5 Å². The molecule has 0 bridgehead atoms. The second-order valence-corrected chi connectivity index (χ2v) is 3.81. The molecule has 2 rings (SSSR count). The quantitative estimate of drug-likeness (QED) is 0.830. The molecule has 1 heterocycles. The highest BCUT2D eigenvalue weighted by Crippen LogP contribution is 2.13. The third-order valence-corrected chi connectivity index (χ3v) is 2.50. The van der Waals surface area contributed by atoms with Gasteiger partial charge in [-0.05, 0) is 5.56 Å². The summed E-state index contributed by atoms with van der Waals surface area (Å²) >= 11 is 0. The van der Waals surface area contributed by atoms with Crippen LogP contribution in [-0.2, 0) is 11.3 Å². The fourth-order valence-corrected chi connectivity index (χ4v) is 1.63. The van der Waals surface area contributed by atoms with Gasteiger partial charge in [-0.2, -0.15) is 0 Å². The zero-order chi connectivity index (χ0) is 12.8. The van der Waals surface area contributed by atoms with Crippen molar-refractivity contribution >= 4 is 5.97 Å². The zero-order valence-corrected chi connectivity index (χ0v) is 9.65. The highest BCUT2D eigenvalue weighted by molar-refractivity contribution is 5.75. The lowest BCUT2D eigenvalue weighted by Crippen LogP contribution is -2.28. The molecule has 5 heteroatoms. The Morgan fingerprint density at radius 2 is 1.89 bits per heavy atom. The van der Waals surface area contributed by atoms with E-state index in [1.807, 2.05) is 18.2 Å². The van der Waals surface area contributed by atoms with Crippen LogP contribution in [0.4, 0.5) is 0 Å². The van der Waals surface area contributed by atoms with Crippen molar-refractivity contribution in [3.8, 4) is 0 Å². The molecule has 0 saturated carbocycles. The van der Waals surface area contributed by atoms with Gasteiger partial charge in [0.2, 0.25) is 0 Å². The van der Waals surface area contributed by atoms with Gasteiger partial charge in [0.1, 0.15) is 12.4 Å². The van der Waals surface area contributed by atoms with Crippen LogP contribution in [0.2, 0.25) is 0 Å². The first-order chi connectivity index (χ1) is 8.77. The van der Waals surface area contributed by atoms with E-state index in [4.69, 9.17) is 0 Å². The number of nitrogens with one attached hydrogen (secondary N) is 1. The first kappa shape index (κ1) is 12.2. The molecule has 0 saturated heterocycles. The predicted molar refractivity (Wildman–Crippen MR) is 65.7 cm³/mol. The second-order valence-electron chi connectivity index (χ2n) is 3.81. The Hall–Kier alpha value is -2.27. The highest BCUT2D eigenvalue weighted by atomic mass is 16.4. The summed E-state index contributed by atoms with van der Waals surface area (Å²) < 4.78 is 0. The Morgan fingerprint density at radius 3 is 2.50 bits per heavy atom. The van der Waals surface area contributed by atoms with Crippen LogP contribution in [-0.4, -0.2) is 21.0 Å². The van der Waals surface area contributed by atoms with Crippen molar-refractivity contribution in [1.29, 1.82) is 0 Å². The second kappa shape index (κ2) is 5.88. The molecule has 1 atom stereocenters. The van der Waals surface area contributed by atoms with Crippen LogP contribution in [0.5, 0.6) is 0 Å². The minimum Gasteiger partial charge on any atom is -0.480 e. The smallest absolute Gasteiger partial charge is 0.325 e. The van der Waals surface area contributed by atoms with E-state index in [-0.39, 0.29) is 0 Å². The fraction of sp³-hybridized carbons (Fsp3) is 0.154. The molecule has 0 fully saturated rings. The monoisotopic (exact) mass is 243 g/mol. The van der Waals surface area contributed by atoms with E-state index in [1.165, 1.54) is 6.33 Å². The number of aliphatic carboxylic acids is 1. The SMILES string of the molecule is O=C(O)C(NCc1cncnc1)c1ccccc1. The Morgan fingerprint density at radius 1 is 1.22 bits per heavy atom. The van der Waals surface area contributed by atoms with Crippen LogP contribution < -0.4 is 5.32 Å². The number of carboxylic acids is 1. The lowest BCUT2D eigenvalue weighted by molar-refractivity contribution is -0.139. The van der Waals surface area contributed by atoms with E-state index in [2.05, 4.69) is 15.3 Å². The van der Waals surface area contributed by atoms with Crippen LogP contribution in [0.3, 0.4) is 0 Å². The molecule has 0 aliphatic carbocycles. The molecule has 1 aromatic carbocycles. The summed E-state index contributed by atoms with van der Waals surface area (Å²) in [5.41, 5.74) is 1.57. The molecule has 5 nitrogen and oxygen atoms in total. The van der Waals surface area contributed by atoms with Crippen LogP contribution >= 0.6 is 0 Å². The van der Waals surface area contributed by atoms with Crippen molar-refractivity contribution in [2.24, 2.45) is 0 Å². The molecule has 1 aromatic heterocycles. The maximum Gasteiger partial charge on any atom is 0.325 e. The number of benzene rings is 1. The first-order valence-corrected chi connectivity index (χ1v) is 5.52. The van der Waals surface area contributed by atoms with Gasteiger partial charge in [0.05, 0.1) is 0 Å². The zero-order valence-electron chi connectivity index (χ0n) is 9.65. The van der Waals surface area contributed by atoms with Crippen LogP contribution in [0, 0.1) is 0 Å². The van der Waals surface area contributed by atoms with Crippen molar-refractivity contribution in [2.75, 3.05) is 0 Å². The topological polar surface area (TPSA) is 75.1 Å². The van der Waals surface area contributed by atoms with Gasteiger partial charge in [-0.1, -0.05) is 30.3 Å². The number of aromatic nitrogens is 2. The van der Waals surface area contributed by atoms with Crippen LogP contribution in [0.1, 0.15) is 17.2 Å². The number of carbonyl (C=O) groups is 1. The maximum absolute atomic E-state index is 11.2. The maximum atomic E-state index is 11.2. The van der Waals surface area contributed by atoms with Crippen molar-refractivity contribution < 1.29 is 9.90 Å². The fourth-order valence-electron chi connectivity index (χ4n) is 1.63. The molecule has 0 amide bonds. The van der Waals surface area contributed by atoms with Gasteiger partial charge >= 0.3 is 5.97 Å². The van der Waals surface area contributed by atoms with Gasteiger partial charge in [-0.15, -0.1) is 0 Å². The summed E-state index contributed by atoms with van der Waals surface area (Å²) in [6.07, 6.45) is 4.75. The summed E-state index contributed by atoms with van der Waals surface area (Å²) in [6, 6.07) is 8.33. The van der Waals surface area contributed by atoms with Crippen molar-refractivity contribution in [2.45, 2.75) is 12.6 Å². The number of carboxylic acid groups (broad SMARTS) is 1. The Bertz CT molecular complexity index is 502. The van der Waals surface area contributed by atoms with E-state index in [9.17, 15) is 9.90 Å². The van der Waals surface area contributed by atoms with Gasteiger partial charge in [0.15, 0.2) is 0 Å². The van der Waals surface area contributed by atoms with Gasteiger partial charge < -0.3 is 5.11 Å². The molecular formula is C13H13N3O2. The van der Waals surface area contributed by atoms with Gasteiger partial charge in [-0.3, -0.25) is 10.1 Å². The molecule has 0 spiro atoms. The third kappa shape index (κ3) is 3.11.